The van der Waals surface area contributed by atoms with Crippen molar-refractivity contribution in [3.63, 3.8) is 0 Å². The number of H-pyrrole nitrogens is 1. The van der Waals surface area contributed by atoms with Crippen molar-refractivity contribution in [2.24, 2.45) is 5.73 Å². The Hall–Kier alpha value is -3.17. The zero-order valence-electron chi connectivity index (χ0n) is 17.5. The molecule has 2 amide bonds. The normalized spacial score (nSPS) is 18.3. The van der Waals surface area contributed by atoms with Gasteiger partial charge in [-0.1, -0.05) is 42.8 Å². The van der Waals surface area contributed by atoms with Crippen LogP contribution in [0.3, 0.4) is 0 Å². The summed E-state index contributed by atoms with van der Waals surface area (Å²) in [6.45, 7) is 0.249. The van der Waals surface area contributed by atoms with Gasteiger partial charge in [0.15, 0.2) is 0 Å². The number of hydrogen-bond acceptors (Lipinski definition) is 4. The molecule has 2 aromatic carbocycles. The molecule has 0 bridgehead atoms. The number of fused-ring (bicyclic) bond motifs is 1. The van der Waals surface area contributed by atoms with E-state index < -0.39 is 33.9 Å². The summed E-state index contributed by atoms with van der Waals surface area (Å²) in [6.07, 6.45) is 3.78. The number of benzene rings is 2. The van der Waals surface area contributed by atoms with Gasteiger partial charge < -0.3 is 16.0 Å². The van der Waals surface area contributed by atoms with Crippen LogP contribution < -0.4 is 11.1 Å². The first-order valence-electron chi connectivity index (χ1n) is 10.6. The van der Waals surface area contributed by atoms with Crippen molar-refractivity contribution in [1.82, 2.24) is 14.6 Å². The molecule has 2 atom stereocenters. The van der Waals surface area contributed by atoms with Crippen LogP contribution in [0, 0.1) is 0 Å². The number of para-hydroxylation sites is 1. The van der Waals surface area contributed by atoms with Gasteiger partial charge in [-0.3, -0.25) is 9.59 Å². The minimum atomic E-state index is -3.84. The van der Waals surface area contributed by atoms with Gasteiger partial charge in [0.25, 0.3) is 0 Å². The van der Waals surface area contributed by atoms with Crippen LogP contribution in [0.2, 0.25) is 0 Å². The van der Waals surface area contributed by atoms with Crippen molar-refractivity contribution >= 4 is 32.7 Å². The van der Waals surface area contributed by atoms with Crippen molar-refractivity contribution < 1.29 is 18.0 Å². The smallest absolute Gasteiger partial charge is 0.243 e. The van der Waals surface area contributed by atoms with E-state index in [-0.39, 0.29) is 17.9 Å². The van der Waals surface area contributed by atoms with E-state index >= 15 is 0 Å². The fourth-order valence-corrected chi connectivity index (χ4v) is 5.87. The fourth-order valence-electron chi connectivity index (χ4n) is 4.19. The molecule has 32 heavy (non-hydrogen) atoms. The number of amides is 2. The Labute approximate surface area is 186 Å². The predicted molar refractivity (Wildman–Crippen MR) is 121 cm³/mol. The molecular formula is C23H26N4O4S. The average Bonchev–Trinajstić information content (AvgIpc) is 3.22. The van der Waals surface area contributed by atoms with E-state index in [9.17, 15) is 18.0 Å². The summed E-state index contributed by atoms with van der Waals surface area (Å²) in [5, 5.41) is 3.65. The van der Waals surface area contributed by atoms with Crippen LogP contribution in [0.15, 0.2) is 65.7 Å². The number of aromatic amines is 1. The third-order valence-corrected chi connectivity index (χ3v) is 7.79. The Kier molecular flexibility index (Phi) is 6.29. The lowest BCUT2D eigenvalue weighted by molar-refractivity contribution is -0.130. The number of nitrogens with two attached hydrogens (primary N) is 1. The SMILES string of the molecule is NC(=O)C(Cc1c[nH]c2ccccc12)NC(=O)[C@@H]1CCCCN1S(=O)(=O)c1ccccc1. The number of hydrogen-bond donors (Lipinski definition) is 3. The molecule has 1 aliphatic rings. The molecule has 1 saturated heterocycles. The summed E-state index contributed by atoms with van der Waals surface area (Å²) in [5.41, 5.74) is 7.36. The van der Waals surface area contributed by atoms with Crippen LogP contribution >= 0.6 is 0 Å². The van der Waals surface area contributed by atoms with E-state index in [1.165, 1.54) is 16.4 Å². The minimum Gasteiger partial charge on any atom is -0.368 e. The van der Waals surface area contributed by atoms with Gasteiger partial charge in [-0.25, -0.2) is 8.42 Å². The summed E-state index contributed by atoms with van der Waals surface area (Å²) in [5.74, 6) is -1.18. The van der Waals surface area contributed by atoms with E-state index in [2.05, 4.69) is 10.3 Å². The highest BCUT2D eigenvalue weighted by molar-refractivity contribution is 7.89. The average molecular weight is 455 g/mol. The summed E-state index contributed by atoms with van der Waals surface area (Å²) < 4.78 is 27.6. The number of aromatic nitrogens is 1. The number of carbonyl (C=O) groups excluding carboxylic acids is 2. The van der Waals surface area contributed by atoms with Crippen molar-refractivity contribution in [2.45, 2.75) is 42.7 Å². The monoisotopic (exact) mass is 454 g/mol. The molecular weight excluding hydrogens is 428 g/mol. The van der Waals surface area contributed by atoms with Crippen LogP contribution in [-0.4, -0.2) is 48.1 Å². The van der Waals surface area contributed by atoms with Gasteiger partial charge >= 0.3 is 0 Å². The molecule has 4 N–H and O–H groups in total. The van der Waals surface area contributed by atoms with Crippen LogP contribution in [-0.2, 0) is 26.0 Å². The van der Waals surface area contributed by atoms with Gasteiger partial charge in [-0.15, -0.1) is 0 Å². The van der Waals surface area contributed by atoms with Crippen molar-refractivity contribution in [2.75, 3.05) is 6.54 Å². The fraction of sp³-hybridized carbons (Fsp3) is 0.304. The van der Waals surface area contributed by atoms with Crippen LogP contribution in [0.25, 0.3) is 10.9 Å². The number of primary amides is 1. The van der Waals surface area contributed by atoms with E-state index in [0.29, 0.717) is 12.8 Å². The molecule has 168 valence electrons. The maximum atomic E-state index is 13.2. The third-order valence-electron chi connectivity index (χ3n) is 5.87. The standard InChI is InChI=1S/C23H26N4O4S/c24-22(28)20(14-16-15-25-19-11-5-4-10-18(16)19)26-23(29)21-12-6-7-13-27(21)32(30,31)17-8-2-1-3-9-17/h1-5,8-11,15,20-21,25H,6-7,12-14H2,(H2,24,28)(H,26,29)/t20?,21-/m0/s1. The first-order valence-corrected chi connectivity index (χ1v) is 12.0. The highest BCUT2D eigenvalue weighted by atomic mass is 32.2. The Morgan fingerprint density at radius 2 is 1.81 bits per heavy atom. The quantitative estimate of drug-likeness (QED) is 0.504. The lowest BCUT2D eigenvalue weighted by Crippen LogP contribution is -2.56. The zero-order chi connectivity index (χ0) is 22.7. The second-order valence-corrected chi connectivity index (χ2v) is 9.86. The number of nitrogens with one attached hydrogen (secondary N) is 2. The van der Waals surface area contributed by atoms with Gasteiger partial charge in [-0.05, 0) is 36.6 Å². The van der Waals surface area contributed by atoms with Crippen molar-refractivity contribution in [3.8, 4) is 0 Å². The first kappa shape index (κ1) is 22.0. The summed E-state index contributed by atoms with van der Waals surface area (Å²) in [4.78, 5) is 28.6. The van der Waals surface area contributed by atoms with Gasteiger partial charge in [-0.2, -0.15) is 4.31 Å². The number of piperidine rings is 1. The Balaban J connectivity index is 1.55. The predicted octanol–water partition coefficient (Wildman–Crippen LogP) is 1.92. The van der Waals surface area contributed by atoms with Crippen LogP contribution in [0.4, 0.5) is 0 Å². The number of nitrogens with zero attached hydrogens (tertiary/aromatic N) is 1. The molecule has 0 spiro atoms. The Morgan fingerprint density at radius 3 is 2.56 bits per heavy atom. The van der Waals surface area contributed by atoms with Crippen LogP contribution in [0.5, 0.6) is 0 Å². The molecule has 1 aliphatic heterocycles. The molecule has 0 radical (unpaired) electrons. The molecule has 9 heteroatoms. The number of sulfonamides is 1. The highest BCUT2D eigenvalue weighted by Gasteiger charge is 2.38. The molecule has 0 aliphatic carbocycles. The van der Waals surface area contributed by atoms with Gasteiger partial charge in [0, 0.05) is 30.1 Å². The van der Waals surface area contributed by atoms with Gasteiger partial charge in [0.2, 0.25) is 21.8 Å². The van der Waals surface area contributed by atoms with E-state index in [4.69, 9.17) is 5.73 Å². The molecule has 3 aromatic rings. The van der Waals surface area contributed by atoms with Crippen molar-refractivity contribution in [3.05, 3.63) is 66.4 Å². The largest absolute Gasteiger partial charge is 0.368 e. The zero-order valence-corrected chi connectivity index (χ0v) is 18.3. The van der Waals surface area contributed by atoms with Crippen LogP contribution in [0.1, 0.15) is 24.8 Å². The lowest BCUT2D eigenvalue weighted by Gasteiger charge is -2.34. The van der Waals surface area contributed by atoms with E-state index in [1.807, 2.05) is 24.3 Å². The summed E-state index contributed by atoms with van der Waals surface area (Å²) in [7, 11) is -3.84. The molecule has 0 saturated carbocycles. The van der Waals surface area contributed by atoms with Gasteiger partial charge in [0.05, 0.1) is 4.90 Å². The second kappa shape index (κ2) is 9.13. The molecule has 2 heterocycles. The number of carbonyl (C=O) groups is 2. The minimum absolute atomic E-state index is 0.143. The summed E-state index contributed by atoms with van der Waals surface area (Å²) in [6, 6.07) is 13.9. The summed E-state index contributed by atoms with van der Waals surface area (Å²) >= 11 is 0. The molecule has 8 nitrogen and oxygen atoms in total. The topological polar surface area (TPSA) is 125 Å². The second-order valence-electron chi connectivity index (χ2n) is 7.97. The Morgan fingerprint density at radius 1 is 1.09 bits per heavy atom. The molecule has 1 fully saturated rings. The van der Waals surface area contributed by atoms with E-state index in [1.54, 1.807) is 24.4 Å². The van der Waals surface area contributed by atoms with E-state index in [0.717, 1.165) is 22.9 Å². The van der Waals surface area contributed by atoms with Gasteiger partial charge in [0.1, 0.15) is 12.1 Å². The highest BCUT2D eigenvalue weighted by Crippen LogP contribution is 2.26. The molecule has 1 unspecified atom stereocenters. The molecule has 4 rings (SSSR count). The maximum absolute atomic E-state index is 13.2. The first-order chi connectivity index (χ1) is 15.4. The number of rotatable bonds is 7. The Bertz CT molecular complexity index is 1220. The lowest BCUT2D eigenvalue weighted by atomic mass is 10.0. The maximum Gasteiger partial charge on any atom is 0.243 e. The molecule has 1 aromatic heterocycles. The third kappa shape index (κ3) is 4.39. The van der Waals surface area contributed by atoms with Crippen molar-refractivity contribution in [1.29, 1.82) is 0 Å².